The summed E-state index contributed by atoms with van der Waals surface area (Å²) in [4.78, 5) is 12.2. The molecule has 4 heteroatoms. The predicted molar refractivity (Wildman–Crippen MR) is 61.9 cm³/mol. The highest BCUT2D eigenvalue weighted by atomic mass is 79.9. The quantitative estimate of drug-likeness (QED) is 0.792. The first-order valence-electron chi connectivity index (χ1n) is 5.49. The third kappa shape index (κ3) is 2.00. The van der Waals surface area contributed by atoms with Crippen molar-refractivity contribution in [2.45, 2.75) is 39.2 Å². The molecule has 0 unspecified atom stereocenters. The highest BCUT2D eigenvalue weighted by Crippen LogP contribution is 2.30. The zero-order valence-electron chi connectivity index (χ0n) is 8.87. The van der Waals surface area contributed by atoms with Crippen molar-refractivity contribution in [3.05, 3.63) is 16.4 Å². The van der Waals surface area contributed by atoms with Gasteiger partial charge in [0.1, 0.15) is 5.69 Å². The second-order valence-electron chi connectivity index (χ2n) is 4.00. The van der Waals surface area contributed by atoms with Crippen LogP contribution in [0.25, 0.3) is 0 Å². The molecule has 0 saturated heterocycles. The summed E-state index contributed by atoms with van der Waals surface area (Å²) >= 11 is 3.40. The van der Waals surface area contributed by atoms with Gasteiger partial charge in [0.2, 0.25) is 0 Å². The Morgan fingerprint density at radius 1 is 1.60 bits per heavy atom. The molecule has 1 heterocycles. The van der Waals surface area contributed by atoms with Gasteiger partial charge in [-0.2, -0.15) is 5.10 Å². The maximum Gasteiger partial charge on any atom is 0.185 e. The van der Waals surface area contributed by atoms with Crippen LogP contribution in [0.5, 0.6) is 0 Å². The molecular formula is C11H15BrN2O. The van der Waals surface area contributed by atoms with Gasteiger partial charge < -0.3 is 0 Å². The van der Waals surface area contributed by atoms with Crippen LogP contribution in [0.4, 0.5) is 0 Å². The summed E-state index contributed by atoms with van der Waals surface area (Å²) in [7, 11) is 0. The highest BCUT2D eigenvalue weighted by Gasteiger charge is 2.27. The van der Waals surface area contributed by atoms with Gasteiger partial charge in [-0.25, -0.2) is 0 Å². The van der Waals surface area contributed by atoms with E-state index in [4.69, 9.17) is 0 Å². The number of aryl methyl sites for hydroxylation is 1. The minimum absolute atomic E-state index is 0.225. The molecule has 0 bridgehead atoms. The third-order valence-electron chi connectivity index (χ3n) is 3.05. The van der Waals surface area contributed by atoms with E-state index >= 15 is 0 Å². The number of rotatable bonds is 3. The first kappa shape index (κ1) is 10.9. The number of aromatic nitrogens is 2. The molecule has 2 rings (SSSR count). The van der Waals surface area contributed by atoms with Gasteiger partial charge in [0.25, 0.3) is 0 Å². The van der Waals surface area contributed by atoms with Crippen molar-refractivity contribution in [2.75, 3.05) is 0 Å². The Hall–Kier alpha value is -0.640. The number of nitrogens with zero attached hydrogens (tertiary/aromatic N) is 2. The van der Waals surface area contributed by atoms with Gasteiger partial charge in [-0.05, 0) is 35.7 Å². The molecule has 1 aliphatic rings. The molecule has 82 valence electrons. The maximum atomic E-state index is 12.2. The monoisotopic (exact) mass is 270 g/mol. The molecule has 0 atom stereocenters. The van der Waals surface area contributed by atoms with Crippen LogP contribution in [0.15, 0.2) is 10.7 Å². The number of carbonyl (C=O) groups is 1. The van der Waals surface area contributed by atoms with Gasteiger partial charge >= 0.3 is 0 Å². The topological polar surface area (TPSA) is 34.9 Å². The van der Waals surface area contributed by atoms with Gasteiger partial charge in [0, 0.05) is 12.5 Å². The minimum Gasteiger partial charge on any atom is -0.292 e. The fraction of sp³-hybridized carbons (Fsp3) is 0.636. The molecule has 0 amide bonds. The average Bonchev–Trinajstić information content (AvgIpc) is 2.85. The van der Waals surface area contributed by atoms with E-state index in [1.54, 1.807) is 10.9 Å². The third-order valence-corrected chi connectivity index (χ3v) is 3.63. The lowest BCUT2D eigenvalue weighted by Crippen LogP contribution is -2.17. The standard InChI is InChI=1S/C11H15BrN2O/c1-2-14-10(9(12)7-13-14)11(15)8-5-3-4-6-8/h7-8H,2-6H2,1H3. The van der Waals surface area contributed by atoms with E-state index in [0.717, 1.165) is 29.6 Å². The van der Waals surface area contributed by atoms with E-state index in [1.165, 1.54) is 12.8 Å². The van der Waals surface area contributed by atoms with Gasteiger partial charge in [-0.1, -0.05) is 12.8 Å². The Morgan fingerprint density at radius 2 is 2.27 bits per heavy atom. The molecule has 0 aromatic carbocycles. The van der Waals surface area contributed by atoms with Crippen molar-refractivity contribution in [2.24, 2.45) is 5.92 Å². The van der Waals surface area contributed by atoms with Gasteiger partial charge in [0.05, 0.1) is 10.7 Å². The van der Waals surface area contributed by atoms with E-state index < -0.39 is 0 Å². The number of hydrogen-bond donors (Lipinski definition) is 0. The molecule has 0 radical (unpaired) electrons. The van der Waals surface area contributed by atoms with Gasteiger partial charge in [0.15, 0.2) is 5.78 Å². The maximum absolute atomic E-state index is 12.2. The van der Waals surface area contributed by atoms with Crippen molar-refractivity contribution >= 4 is 21.7 Å². The minimum atomic E-state index is 0.225. The van der Waals surface area contributed by atoms with Crippen molar-refractivity contribution in [3.8, 4) is 0 Å². The first-order chi connectivity index (χ1) is 7.24. The van der Waals surface area contributed by atoms with Crippen molar-refractivity contribution in [3.63, 3.8) is 0 Å². The summed E-state index contributed by atoms with van der Waals surface area (Å²) in [5, 5.41) is 4.18. The lowest BCUT2D eigenvalue weighted by atomic mass is 10.0. The Balaban J connectivity index is 2.27. The zero-order valence-corrected chi connectivity index (χ0v) is 10.5. The molecule has 1 aliphatic carbocycles. The fourth-order valence-electron chi connectivity index (χ4n) is 2.23. The number of Topliss-reactive ketones (excluding diaryl/α,β-unsaturated/α-hetero) is 1. The molecule has 3 nitrogen and oxygen atoms in total. The normalized spacial score (nSPS) is 17.2. The van der Waals surface area contributed by atoms with E-state index in [0.29, 0.717) is 0 Å². The lowest BCUT2D eigenvalue weighted by Gasteiger charge is -2.09. The Labute approximate surface area is 98.0 Å². The summed E-state index contributed by atoms with van der Waals surface area (Å²) < 4.78 is 2.62. The van der Waals surface area contributed by atoms with Crippen molar-refractivity contribution < 1.29 is 4.79 Å². The van der Waals surface area contributed by atoms with Gasteiger partial charge in [-0.15, -0.1) is 0 Å². The Kier molecular flexibility index (Phi) is 3.24. The van der Waals surface area contributed by atoms with E-state index in [-0.39, 0.29) is 11.7 Å². The Morgan fingerprint density at radius 3 is 2.87 bits per heavy atom. The second kappa shape index (κ2) is 4.47. The van der Waals surface area contributed by atoms with E-state index in [2.05, 4.69) is 21.0 Å². The van der Waals surface area contributed by atoms with Crippen LogP contribution in [0.3, 0.4) is 0 Å². The van der Waals surface area contributed by atoms with E-state index in [1.807, 2.05) is 6.92 Å². The summed E-state index contributed by atoms with van der Waals surface area (Å²) in [6, 6.07) is 0. The fourth-order valence-corrected chi connectivity index (χ4v) is 2.72. The Bertz CT molecular complexity index is 367. The second-order valence-corrected chi connectivity index (χ2v) is 4.86. The predicted octanol–water partition coefficient (Wildman–Crippen LogP) is 3.04. The molecule has 1 saturated carbocycles. The molecule has 1 fully saturated rings. The largest absolute Gasteiger partial charge is 0.292 e. The molecule has 15 heavy (non-hydrogen) atoms. The van der Waals surface area contributed by atoms with Crippen molar-refractivity contribution in [1.29, 1.82) is 0 Å². The van der Waals surface area contributed by atoms with Crippen LogP contribution >= 0.6 is 15.9 Å². The van der Waals surface area contributed by atoms with Gasteiger partial charge in [-0.3, -0.25) is 9.48 Å². The molecule has 0 aliphatic heterocycles. The van der Waals surface area contributed by atoms with Crippen LogP contribution in [-0.4, -0.2) is 15.6 Å². The van der Waals surface area contributed by atoms with Crippen LogP contribution < -0.4 is 0 Å². The number of ketones is 1. The van der Waals surface area contributed by atoms with E-state index in [9.17, 15) is 4.79 Å². The number of halogens is 1. The van der Waals surface area contributed by atoms with Crippen LogP contribution in [0, 0.1) is 5.92 Å². The first-order valence-corrected chi connectivity index (χ1v) is 6.29. The SMILES string of the molecule is CCn1ncc(Br)c1C(=O)C1CCCC1. The average molecular weight is 271 g/mol. The summed E-state index contributed by atoms with van der Waals surface area (Å²) in [6.07, 6.45) is 6.18. The molecule has 1 aromatic rings. The lowest BCUT2D eigenvalue weighted by molar-refractivity contribution is 0.0911. The summed E-state index contributed by atoms with van der Waals surface area (Å²) in [5.74, 6) is 0.488. The summed E-state index contributed by atoms with van der Waals surface area (Å²) in [5.41, 5.74) is 0.754. The number of carbonyl (C=O) groups excluding carboxylic acids is 1. The molecule has 0 N–H and O–H groups in total. The van der Waals surface area contributed by atoms with Crippen LogP contribution in [-0.2, 0) is 6.54 Å². The van der Waals surface area contributed by atoms with Crippen molar-refractivity contribution in [1.82, 2.24) is 9.78 Å². The van der Waals surface area contributed by atoms with Crippen LogP contribution in [0.1, 0.15) is 43.1 Å². The molecule has 1 aromatic heterocycles. The summed E-state index contributed by atoms with van der Waals surface area (Å²) in [6.45, 7) is 2.75. The molecular weight excluding hydrogens is 256 g/mol. The smallest absolute Gasteiger partial charge is 0.185 e. The van der Waals surface area contributed by atoms with Crippen LogP contribution in [0.2, 0.25) is 0 Å². The zero-order chi connectivity index (χ0) is 10.8. The highest BCUT2D eigenvalue weighted by molar-refractivity contribution is 9.10. The molecule has 0 spiro atoms. The number of hydrogen-bond acceptors (Lipinski definition) is 2.